The lowest BCUT2D eigenvalue weighted by atomic mass is 9.97. The molecular weight excluding hydrogens is 346 g/mol. The number of likely N-dealkylation sites (tertiary alicyclic amines) is 1. The van der Waals surface area contributed by atoms with Crippen LogP contribution in [0.1, 0.15) is 37.8 Å². The first-order valence-corrected chi connectivity index (χ1v) is 10.6. The molecule has 144 valence electrons. The number of hydrogen-bond acceptors (Lipinski definition) is 3. The quantitative estimate of drug-likeness (QED) is 0.718. The number of piperidine rings is 1. The van der Waals surface area contributed by atoms with Crippen molar-refractivity contribution in [3.05, 3.63) is 35.4 Å². The maximum Gasteiger partial charge on any atom is 0.317 e. The van der Waals surface area contributed by atoms with E-state index in [0.29, 0.717) is 13.1 Å². The van der Waals surface area contributed by atoms with E-state index in [0.717, 1.165) is 30.9 Å². The molecule has 1 aromatic rings. The fourth-order valence-electron chi connectivity index (χ4n) is 2.98. The summed E-state index contributed by atoms with van der Waals surface area (Å²) in [6.07, 6.45) is 1.74. The first-order valence-electron chi connectivity index (χ1n) is 9.42. The molecule has 0 bridgehead atoms. The van der Waals surface area contributed by atoms with Gasteiger partial charge in [0.1, 0.15) is 0 Å². The minimum absolute atomic E-state index is 0.0637. The minimum Gasteiger partial charge on any atom is -0.355 e. The Kier molecular flexibility index (Phi) is 8.29. The zero-order chi connectivity index (χ0) is 18.9. The van der Waals surface area contributed by atoms with Crippen LogP contribution >= 0.6 is 11.8 Å². The van der Waals surface area contributed by atoms with E-state index in [4.69, 9.17) is 0 Å². The van der Waals surface area contributed by atoms with E-state index in [1.807, 2.05) is 25.6 Å². The summed E-state index contributed by atoms with van der Waals surface area (Å²) in [5, 5.41) is 5.93. The number of urea groups is 1. The van der Waals surface area contributed by atoms with Crippen LogP contribution in [0.15, 0.2) is 24.3 Å². The molecule has 0 spiro atoms. The fourth-order valence-corrected chi connectivity index (χ4v) is 3.80. The topological polar surface area (TPSA) is 61.4 Å². The third-order valence-corrected chi connectivity index (χ3v) is 5.46. The van der Waals surface area contributed by atoms with E-state index >= 15 is 0 Å². The van der Waals surface area contributed by atoms with Crippen LogP contribution in [0.3, 0.4) is 0 Å². The van der Waals surface area contributed by atoms with E-state index in [-0.39, 0.29) is 23.9 Å². The number of aryl methyl sites for hydroxylation is 1. The van der Waals surface area contributed by atoms with Crippen molar-refractivity contribution in [3.63, 3.8) is 0 Å². The van der Waals surface area contributed by atoms with E-state index in [2.05, 4.69) is 41.8 Å². The molecule has 1 heterocycles. The molecule has 0 unspecified atom stereocenters. The van der Waals surface area contributed by atoms with Crippen molar-refractivity contribution < 1.29 is 9.59 Å². The van der Waals surface area contributed by atoms with Gasteiger partial charge in [-0.05, 0) is 39.2 Å². The molecule has 0 radical (unpaired) electrons. The van der Waals surface area contributed by atoms with Crippen LogP contribution in [-0.4, -0.2) is 48.3 Å². The Hall–Kier alpha value is -1.69. The van der Waals surface area contributed by atoms with E-state index in [1.54, 1.807) is 4.90 Å². The van der Waals surface area contributed by atoms with Crippen molar-refractivity contribution in [1.29, 1.82) is 0 Å². The third-order valence-electron chi connectivity index (χ3n) is 4.43. The van der Waals surface area contributed by atoms with Crippen LogP contribution in [-0.2, 0) is 10.5 Å². The van der Waals surface area contributed by atoms with Crippen LogP contribution < -0.4 is 10.6 Å². The molecule has 5 nitrogen and oxygen atoms in total. The Labute approximate surface area is 161 Å². The number of nitrogens with zero attached hydrogens (tertiary/aromatic N) is 1. The van der Waals surface area contributed by atoms with Crippen molar-refractivity contribution >= 4 is 23.7 Å². The van der Waals surface area contributed by atoms with Gasteiger partial charge in [-0.2, -0.15) is 11.8 Å². The smallest absolute Gasteiger partial charge is 0.317 e. The third kappa shape index (κ3) is 6.90. The van der Waals surface area contributed by atoms with Gasteiger partial charge in [-0.25, -0.2) is 4.79 Å². The fraction of sp³-hybridized carbons (Fsp3) is 0.600. The van der Waals surface area contributed by atoms with Gasteiger partial charge in [0.15, 0.2) is 0 Å². The summed E-state index contributed by atoms with van der Waals surface area (Å²) in [6.45, 7) is 7.89. The van der Waals surface area contributed by atoms with Gasteiger partial charge in [0.2, 0.25) is 5.91 Å². The van der Waals surface area contributed by atoms with Gasteiger partial charge in [-0.3, -0.25) is 4.79 Å². The maximum atomic E-state index is 12.4. The van der Waals surface area contributed by atoms with Crippen LogP contribution in [0.2, 0.25) is 0 Å². The highest BCUT2D eigenvalue weighted by Crippen LogP contribution is 2.17. The number of rotatable bonds is 7. The van der Waals surface area contributed by atoms with Gasteiger partial charge >= 0.3 is 6.03 Å². The highest BCUT2D eigenvalue weighted by atomic mass is 32.2. The molecule has 26 heavy (non-hydrogen) atoms. The molecule has 2 rings (SSSR count). The molecule has 3 amide bonds. The summed E-state index contributed by atoms with van der Waals surface area (Å²) in [7, 11) is 0. The van der Waals surface area contributed by atoms with Crippen molar-refractivity contribution in [1.82, 2.24) is 15.5 Å². The van der Waals surface area contributed by atoms with Gasteiger partial charge in [-0.15, -0.1) is 0 Å². The zero-order valence-corrected chi connectivity index (χ0v) is 16.9. The van der Waals surface area contributed by atoms with E-state index in [9.17, 15) is 9.59 Å². The summed E-state index contributed by atoms with van der Waals surface area (Å²) in [6, 6.07) is 8.61. The summed E-state index contributed by atoms with van der Waals surface area (Å²) in [5.74, 6) is 1.83. The molecule has 1 saturated heterocycles. The number of benzene rings is 1. The predicted octanol–water partition coefficient (Wildman–Crippen LogP) is 3.17. The monoisotopic (exact) mass is 377 g/mol. The van der Waals surface area contributed by atoms with Gasteiger partial charge in [0.25, 0.3) is 0 Å². The Morgan fingerprint density at radius 1 is 1.27 bits per heavy atom. The molecule has 1 aliphatic rings. The molecule has 6 heteroatoms. The van der Waals surface area contributed by atoms with Crippen LogP contribution in [0.4, 0.5) is 4.79 Å². The summed E-state index contributed by atoms with van der Waals surface area (Å²) < 4.78 is 0. The lowest BCUT2D eigenvalue weighted by molar-refractivity contribution is -0.126. The normalized spacial score (nSPS) is 17.2. The Balaban J connectivity index is 1.65. The zero-order valence-electron chi connectivity index (χ0n) is 16.1. The van der Waals surface area contributed by atoms with Gasteiger partial charge in [0, 0.05) is 37.2 Å². The Bertz CT molecular complexity index is 589. The standard InChI is InChI=1S/C20H31N3O2S/c1-15(2)22-20(25)23-11-4-5-18(13-23)19(24)21-10-12-26-14-17-8-6-16(3)7-9-17/h6-9,15,18H,4-5,10-14H2,1-3H3,(H,21,24)(H,22,25)/t18-/m0/s1. The molecule has 1 fully saturated rings. The second kappa shape index (κ2) is 10.5. The minimum atomic E-state index is -0.0937. The largest absolute Gasteiger partial charge is 0.355 e. The van der Waals surface area contributed by atoms with Crippen LogP contribution in [0.25, 0.3) is 0 Å². The number of nitrogens with one attached hydrogen (secondary N) is 2. The van der Waals surface area contributed by atoms with Gasteiger partial charge in [-0.1, -0.05) is 29.8 Å². The molecule has 1 atom stereocenters. The second-order valence-corrected chi connectivity index (χ2v) is 8.32. The average molecular weight is 378 g/mol. The molecule has 0 aromatic heterocycles. The van der Waals surface area contributed by atoms with E-state index in [1.165, 1.54) is 11.1 Å². The highest BCUT2D eigenvalue weighted by Gasteiger charge is 2.28. The number of amides is 3. The number of carbonyl (C=O) groups is 2. The molecule has 2 N–H and O–H groups in total. The molecular formula is C20H31N3O2S. The number of hydrogen-bond donors (Lipinski definition) is 2. The maximum absolute atomic E-state index is 12.4. The Morgan fingerprint density at radius 3 is 2.69 bits per heavy atom. The predicted molar refractivity (Wildman–Crippen MR) is 108 cm³/mol. The summed E-state index contributed by atoms with van der Waals surface area (Å²) in [5.41, 5.74) is 2.58. The Morgan fingerprint density at radius 2 is 2.00 bits per heavy atom. The lowest BCUT2D eigenvalue weighted by Gasteiger charge is -2.32. The second-order valence-electron chi connectivity index (χ2n) is 7.22. The molecule has 1 aromatic carbocycles. The van der Waals surface area contributed by atoms with Crippen molar-refractivity contribution in [3.8, 4) is 0 Å². The first kappa shape index (κ1) is 20.6. The van der Waals surface area contributed by atoms with Crippen molar-refractivity contribution in [2.24, 2.45) is 5.92 Å². The van der Waals surface area contributed by atoms with Gasteiger partial charge in [0.05, 0.1) is 5.92 Å². The van der Waals surface area contributed by atoms with Crippen LogP contribution in [0, 0.1) is 12.8 Å². The highest BCUT2D eigenvalue weighted by molar-refractivity contribution is 7.98. The van der Waals surface area contributed by atoms with Crippen molar-refractivity contribution in [2.45, 2.75) is 45.4 Å². The van der Waals surface area contributed by atoms with E-state index < -0.39 is 0 Å². The average Bonchev–Trinajstić information content (AvgIpc) is 2.62. The van der Waals surface area contributed by atoms with Crippen LogP contribution in [0.5, 0.6) is 0 Å². The van der Waals surface area contributed by atoms with Crippen molar-refractivity contribution in [2.75, 3.05) is 25.4 Å². The van der Waals surface area contributed by atoms with Gasteiger partial charge < -0.3 is 15.5 Å². The molecule has 1 aliphatic heterocycles. The summed E-state index contributed by atoms with van der Waals surface area (Å²) >= 11 is 1.82. The summed E-state index contributed by atoms with van der Waals surface area (Å²) in [4.78, 5) is 26.3. The number of carbonyl (C=O) groups excluding carboxylic acids is 2. The first-order chi connectivity index (χ1) is 12.5. The lowest BCUT2D eigenvalue weighted by Crippen LogP contribution is -2.50. The molecule has 0 saturated carbocycles. The number of thioether (sulfide) groups is 1. The SMILES string of the molecule is Cc1ccc(CSCCNC(=O)[C@H]2CCCN(C(=O)NC(C)C)C2)cc1. The molecule has 0 aliphatic carbocycles.